The maximum absolute atomic E-state index is 6.17. The number of fused-ring (bicyclic) bond motifs is 3. The summed E-state index contributed by atoms with van der Waals surface area (Å²) < 4.78 is 7.67. The molecule has 0 aliphatic rings. The zero-order valence-corrected chi connectivity index (χ0v) is 13.4. The third-order valence-electron chi connectivity index (χ3n) is 2.66. The van der Waals surface area contributed by atoms with Crippen molar-refractivity contribution in [2.75, 3.05) is 5.73 Å². The molecule has 0 fully saturated rings. The van der Waals surface area contributed by atoms with Gasteiger partial charge in [0.15, 0.2) is 0 Å². The number of benzene rings is 1. The van der Waals surface area contributed by atoms with Crippen LogP contribution in [0.2, 0.25) is 0 Å². The summed E-state index contributed by atoms with van der Waals surface area (Å²) in [6.45, 7) is 2.10. The maximum Gasteiger partial charge on any atom is 0.109 e. The highest BCUT2D eigenvalue weighted by atomic mass is 127. The molecule has 86 valence electrons. The van der Waals surface area contributed by atoms with Crippen LogP contribution >= 0.6 is 45.3 Å². The van der Waals surface area contributed by atoms with Crippen LogP contribution in [0.1, 0.15) is 4.88 Å². The van der Waals surface area contributed by atoms with Crippen molar-refractivity contribution in [3.05, 3.63) is 19.9 Å². The Morgan fingerprint density at radius 2 is 1.94 bits per heavy atom. The molecule has 2 nitrogen and oxygen atoms in total. The zero-order chi connectivity index (χ0) is 12.2. The molecule has 0 amide bonds. The fourth-order valence-electron chi connectivity index (χ4n) is 1.96. The van der Waals surface area contributed by atoms with E-state index in [4.69, 9.17) is 18.2 Å². The minimum absolute atomic E-state index is 0.709. The highest BCUT2D eigenvalue weighted by Crippen LogP contribution is 2.46. The van der Waals surface area contributed by atoms with Crippen LogP contribution in [-0.4, -0.2) is 0 Å². The lowest BCUT2D eigenvalue weighted by atomic mass is 10.1. The van der Waals surface area contributed by atoms with Gasteiger partial charge in [-0.1, -0.05) is 0 Å². The Morgan fingerprint density at radius 3 is 2.65 bits per heavy atom. The van der Waals surface area contributed by atoms with Gasteiger partial charge in [-0.15, -0.1) is 22.7 Å². The molecule has 2 heterocycles. The van der Waals surface area contributed by atoms with Crippen LogP contribution in [0.4, 0.5) is 11.4 Å². The molecule has 0 unspecified atom stereocenters. The highest BCUT2D eigenvalue weighted by Gasteiger charge is 2.16. The second-order valence-corrected chi connectivity index (χ2v) is 8.13. The summed E-state index contributed by atoms with van der Waals surface area (Å²) >= 11 is 10.7. The van der Waals surface area contributed by atoms with Crippen molar-refractivity contribution in [1.29, 1.82) is 0 Å². The number of nitrogens with two attached hydrogens (primary N) is 1. The van der Waals surface area contributed by atoms with Crippen LogP contribution in [0.15, 0.2) is 16.5 Å². The van der Waals surface area contributed by atoms with E-state index < -0.39 is 0 Å². The van der Waals surface area contributed by atoms with E-state index in [0.717, 1.165) is 16.5 Å². The van der Waals surface area contributed by atoms with Crippen LogP contribution in [0.25, 0.3) is 20.2 Å². The first kappa shape index (κ1) is 11.8. The summed E-state index contributed by atoms with van der Waals surface area (Å²) in [4.78, 5) is 1.26. The van der Waals surface area contributed by atoms with E-state index in [9.17, 15) is 0 Å². The number of hydrogen-bond donors (Lipinski definition) is 1. The van der Waals surface area contributed by atoms with Gasteiger partial charge in [0, 0.05) is 28.1 Å². The van der Waals surface area contributed by atoms with Gasteiger partial charge in [0.05, 0.1) is 18.0 Å². The second-order valence-electron chi connectivity index (χ2n) is 3.75. The molecular weight excluding hydrogens is 383 g/mol. The number of thiophene rings is 2. The molecule has 2 N–H and O–H groups in total. The second kappa shape index (κ2) is 4.11. The van der Waals surface area contributed by atoms with Gasteiger partial charge in [-0.25, -0.2) is 0 Å². The number of rotatable bonds is 1. The Kier molecular flexibility index (Phi) is 2.85. The number of hydrogen-bond acceptors (Lipinski definition) is 5. The summed E-state index contributed by atoms with van der Waals surface area (Å²) in [6.07, 6.45) is 0. The molecule has 3 rings (SSSR count). The largest absolute Gasteiger partial charge is 0.396 e. The Balaban J connectivity index is 2.66. The van der Waals surface area contributed by atoms with Crippen molar-refractivity contribution in [1.82, 2.24) is 0 Å². The van der Waals surface area contributed by atoms with E-state index in [0.29, 0.717) is 5.69 Å². The van der Waals surface area contributed by atoms with Crippen molar-refractivity contribution in [3.63, 3.8) is 0 Å². The molecular formula is C11H7IN2S3. The molecule has 0 atom stereocenters. The predicted molar refractivity (Wildman–Crippen MR) is 88.5 cm³/mol. The molecule has 1 aromatic carbocycles. The summed E-state index contributed by atoms with van der Waals surface area (Å²) in [7, 11) is 0. The third-order valence-corrected chi connectivity index (χ3v) is 5.95. The molecule has 2 aromatic heterocycles. The average molecular weight is 390 g/mol. The molecule has 3 aromatic rings. The number of nitrogen functional groups attached to an aromatic ring is 1. The monoisotopic (exact) mass is 390 g/mol. The maximum atomic E-state index is 6.17. The van der Waals surface area contributed by atoms with Gasteiger partial charge in [0.2, 0.25) is 0 Å². The van der Waals surface area contributed by atoms with Crippen LogP contribution < -0.4 is 5.73 Å². The fourth-order valence-corrected chi connectivity index (χ4v) is 5.20. The van der Waals surface area contributed by atoms with E-state index in [1.165, 1.54) is 17.2 Å². The normalized spacial score (nSPS) is 11.4. The summed E-state index contributed by atoms with van der Waals surface area (Å²) in [5, 5.41) is 2.17. The topological polar surface area (TPSA) is 38.4 Å². The molecule has 17 heavy (non-hydrogen) atoms. The van der Waals surface area contributed by atoms with Crippen molar-refractivity contribution in [2.24, 2.45) is 4.36 Å². The van der Waals surface area contributed by atoms with Gasteiger partial charge >= 0.3 is 0 Å². The standard InChI is InChI=1S/C11H7IN2S3/c1-4-2-5-8(13)9(14-15)6-3-7(12)17-11(6)10(5)16-4/h2-3H,13H2,1H3. The lowest BCUT2D eigenvalue weighted by Gasteiger charge is -2.02. The van der Waals surface area contributed by atoms with Crippen molar-refractivity contribution in [3.8, 4) is 0 Å². The number of anilines is 1. The Labute approximate surface area is 125 Å². The van der Waals surface area contributed by atoms with Crippen molar-refractivity contribution >= 4 is 89.2 Å². The number of halogens is 1. The van der Waals surface area contributed by atoms with E-state index in [2.05, 4.69) is 46.0 Å². The smallest absolute Gasteiger partial charge is 0.109 e. The van der Waals surface area contributed by atoms with Gasteiger partial charge in [-0.3, -0.25) is 0 Å². The summed E-state index contributed by atoms with van der Waals surface area (Å²) in [6, 6.07) is 4.22. The minimum atomic E-state index is 0.709. The fraction of sp³-hybridized carbons (Fsp3) is 0.0909. The van der Waals surface area contributed by atoms with E-state index in [-0.39, 0.29) is 0 Å². The Bertz CT molecular complexity index is 757. The molecule has 0 spiro atoms. The van der Waals surface area contributed by atoms with Crippen LogP contribution in [0.5, 0.6) is 0 Å². The molecule has 0 bridgehead atoms. The van der Waals surface area contributed by atoms with Gasteiger partial charge < -0.3 is 5.73 Å². The number of nitrogens with zero attached hydrogens (tertiary/aromatic N) is 1. The first-order valence-electron chi connectivity index (χ1n) is 4.86. The first-order valence-corrected chi connectivity index (χ1v) is 7.93. The van der Waals surface area contributed by atoms with Gasteiger partial charge in [0.25, 0.3) is 0 Å². The van der Waals surface area contributed by atoms with Crippen molar-refractivity contribution in [2.45, 2.75) is 6.92 Å². The Hall–Kier alpha value is -0.310. The Morgan fingerprint density at radius 1 is 1.24 bits per heavy atom. The number of aryl methyl sites for hydroxylation is 1. The molecule has 6 heteroatoms. The first-order chi connectivity index (χ1) is 8.11. The third kappa shape index (κ3) is 1.69. The van der Waals surface area contributed by atoms with Gasteiger partial charge in [-0.2, -0.15) is 4.36 Å². The molecule has 0 saturated heterocycles. The average Bonchev–Trinajstić information content (AvgIpc) is 2.82. The molecule has 0 aliphatic carbocycles. The predicted octanol–water partition coefficient (Wildman–Crippen LogP) is 4.97. The van der Waals surface area contributed by atoms with Crippen LogP contribution in [0.3, 0.4) is 0 Å². The molecule has 0 saturated carbocycles. The minimum Gasteiger partial charge on any atom is -0.396 e. The SMILES string of the molecule is Cc1cc2c(N)c(N=S)c3cc(I)sc3c2s1. The van der Waals surface area contributed by atoms with Crippen LogP contribution in [0, 0.1) is 9.81 Å². The molecule has 0 aliphatic heterocycles. The highest BCUT2D eigenvalue weighted by molar-refractivity contribution is 14.1. The summed E-state index contributed by atoms with van der Waals surface area (Å²) in [5.41, 5.74) is 7.63. The van der Waals surface area contributed by atoms with Crippen molar-refractivity contribution < 1.29 is 0 Å². The van der Waals surface area contributed by atoms with Gasteiger partial charge in [0.1, 0.15) is 5.69 Å². The summed E-state index contributed by atoms with van der Waals surface area (Å²) in [5.74, 6) is 0. The van der Waals surface area contributed by atoms with E-state index >= 15 is 0 Å². The lowest BCUT2D eigenvalue weighted by Crippen LogP contribution is -1.86. The zero-order valence-electron chi connectivity index (χ0n) is 8.78. The lowest BCUT2D eigenvalue weighted by molar-refractivity contribution is 1.64. The van der Waals surface area contributed by atoms with Crippen LogP contribution in [-0.2, 0) is 12.4 Å². The molecule has 0 radical (unpaired) electrons. The quantitative estimate of drug-likeness (QED) is 0.471. The van der Waals surface area contributed by atoms with E-state index in [1.54, 1.807) is 22.7 Å². The van der Waals surface area contributed by atoms with Gasteiger partial charge in [-0.05, 0) is 41.6 Å². The van der Waals surface area contributed by atoms with E-state index in [1.807, 2.05) is 0 Å².